The summed E-state index contributed by atoms with van der Waals surface area (Å²) in [7, 11) is 0. The number of nitrogens with one attached hydrogen (secondary N) is 1. The van der Waals surface area contributed by atoms with Crippen LogP contribution in [0.15, 0.2) is 60.2 Å². The van der Waals surface area contributed by atoms with Crippen LogP contribution in [0.4, 0.5) is 0 Å². The summed E-state index contributed by atoms with van der Waals surface area (Å²) in [5.74, 6) is 0. The Labute approximate surface area is 137 Å². The molecule has 0 saturated carbocycles. The molecule has 1 N–H and O–H groups in total. The Kier molecular flexibility index (Phi) is 3.28. The molecule has 3 aromatic heterocycles. The minimum Gasteiger partial charge on any atom is -0.284 e. The molecule has 0 aliphatic rings. The van der Waals surface area contributed by atoms with Gasteiger partial charge in [-0.05, 0) is 19.1 Å². The molecule has 0 amide bonds. The van der Waals surface area contributed by atoms with Crippen LogP contribution in [0, 0.1) is 12.3 Å². The van der Waals surface area contributed by atoms with Crippen LogP contribution in [0.2, 0.25) is 0 Å². The van der Waals surface area contributed by atoms with Gasteiger partial charge < -0.3 is 0 Å². The molecule has 1 aromatic carbocycles. The van der Waals surface area contributed by atoms with Crippen LogP contribution in [0.25, 0.3) is 27.5 Å². The summed E-state index contributed by atoms with van der Waals surface area (Å²) in [5.41, 5.74) is 5.43. The molecule has 112 valence electrons. The predicted octanol–water partition coefficient (Wildman–Crippen LogP) is 3.91. The summed E-state index contributed by atoms with van der Waals surface area (Å²) >= 11 is 1.54. The van der Waals surface area contributed by atoms with Gasteiger partial charge in [0.05, 0.1) is 11.4 Å². The Morgan fingerprint density at radius 2 is 1.91 bits per heavy atom. The number of pyridine rings is 1. The fourth-order valence-electron chi connectivity index (χ4n) is 2.54. The molecule has 23 heavy (non-hydrogen) atoms. The Balaban J connectivity index is 1.91. The molecule has 0 saturated heterocycles. The molecule has 0 aliphatic carbocycles. The van der Waals surface area contributed by atoms with Crippen molar-refractivity contribution < 1.29 is 0 Å². The smallest absolute Gasteiger partial charge is 0.196 e. The summed E-state index contributed by atoms with van der Waals surface area (Å²) in [6.07, 6.45) is 3.56. The van der Waals surface area contributed by atoms with Crippen molar-refractivity contribution in [1.29, 1.82) is 5.41 Å². The third-order valence-corrected chi connectivity index (χ3v) is 4.57. The number of rotatable bonds is 2. The van der Waals surface area contributed by atoms with E-state index in [2.05, 4.69) is 24.0 Å². The molecule has 4 nitrogen and oxygen atoms in total. The van der Waals surface area contributed by atoms with E-state index in [0.29, 0.717) is 5.49 Å². The zero-order valence-corrected chi connectivity index (χ0v) is 13.3. The highest BCUT2D eigenvalue weighted by Crippen LogP contribution is 2.25. The van der Waals surface area contributed by atoms with Gasteiger partial charge in [-0.15, -0.1) is 11.3 Å². The normalized spacial score (nSPS) is 11.0. The summed E-state index contributed by atoms with van der Waals surface area (Å²) in [6, 6.07) is 13.9. The fourth-order valence-corrected chi connectivity index (χ4v) is 3.45. The maximum absolute atomic E-state index is 8.41. The highest BCUT2D eigenvalue weighted by atomic mass is 32.1. The van der Waals surface area contributed by atoms with Gasteiger partial charge in [-0.1, -0.05) is 29.8 Å². The molecule has 0 unspecified atom stereocenters. The second-order valence-corrected chi connectivity index (χ2v) is 6.21. The molecule has 0 spiro atoms. The van der Waals surface area contributed by atoms with E-state index >= 15 is 0 Å². The van der Waals surface area contributed by atoms with Gasteiger partial charge in [0.15, 0.2) is 4.96 Å². The summed E-state index contributed by atoms with van der Waals surface area (Å²) in [5, 5.41) is 10.4. The maximum atomic E-state index is 8.41. The third kappa shape index (κ3) is 2.45. The summed E-state index contributed by atoms with van der Waals surface area (Å²) in [4.78, 5) is 9.70. The maximum Gasteiger partial charge on any atom is 0.196 e. The van der Waals surface area contributed by atoms with E-state index in [0.717, 1.165) is 27.5 Å². The monoisotopic (exact) mass is 318 g/mol. The van der Waals surface area contributed by atoms with E-state index in [-0.39, 0.29) is 0 Å². The highest BCUT2D eigenvalue weighted by Gasteiger charge is 2.10. The first-order valence-electron chi connectivity index (χ1n) is 7.26. The molecule has 4 aromatic rings. The summed E-state index contributed by atoms with van der Waals surface area (Å²) < 4.78 is 1.86. The van der Waals surface area contributed by atoms with Crippen molar-refractivity contribution >= 4 is 16.3 Å². The Bertz CT molecular complexity index is 1030. The average molecular weight is 318 g/mol. The third-order valence-electron chi connectivity index (χ3n) is 3.74. The van der Waals surface area contributed by atoms with E-state index in [4.69, 9.17) is 10.4 Å². The topological polar surface area (TPSA) is 54.0 Å². The molecule has 3 heterocycles. The Morgan fingerprint density at radius 1 is 1.09 bits per heavy atom. The largest absolute Gasteiger partial charge is 0.284 e. The number of aryl methyl sites for hydroxylation is 1. The molecule has 0 atom stereocenters. The van der Waals surface area contributed by atoms with Gasteiger partial charge in [-0.3, -0.25) is 14.8 Å². The number of benzene rings is 1. The van der Waals surface area contributed by atoms with Crippen LogP contribution in [0.5, 0.6) is 0 Å². The van der Waals surface area contributed by atoms with Gasteiger partial charge in [-0.2, -0.15) is 0 Å². The van der Waals surface area contributed by atoms with Crippen LogP contribution < -0.4 is 5.49 Å². The van der Waals surface area contributed by atoms with Gasteiger partial charge in [0.2, 0.25) is 0 Å². The fraction of sp³-hybridized carbons (Fsp3) is 0.0556. The predicted molar refractivity (Wildman–Crippen MR) is 92.3 cm³/mol. The van der Waals surface area contributed by atoms with Crippen molar-refractivity contribution in [3.05, 3.63) is 71.3 Å². The van der Waals surface area contributed by atoms with Crippen molar-refractivity contribution in [3.63, 3.8) is 0 Å². The van der Waals surface area contributed by atoms with Gasteiger partial charge in [-0.25, -0.2) is 4.98 Å². The lowest BCUT2D eigenvalue weighted by Gasteiger charge is -2.05. The zero-order valence-electron chi connectivity index (χ0n) is 12.5. The number of aromatic nitrogens is 3. The number of fused-ring (bicyclic) bond motifs is 1. The minimum atomic E-state index is 0.422. The van der Waals surface area contributed by atoms with Crippen LogP contribution in [0.1, 0.15) is 5.56 Å². The molecule has 5 heteroatoms. The number of thiazole rings is 1. The number of hydrogen-bond acceptors (Lipinski definition) is 4. The van der Waals surface area contributed by atoms with Crippen molar-refractivity contribution in [3.8, 4) is 22.5 Å². The standard InChI is InChI=1S/C18H14N4S/c1-12-4-6-13(7-5-12)15-9-17(19)22-16(11-23-18(22)21-15)14-3-2-8-20-10-14/h2-11,19H,1H3. The SMILES string of the molecule is Cc1ccc(-c2cc(=N)n3c(-c4cccnc4)csc3n2)cc1. The van der Waals surface area contributed by atoms with Gasteiger partial charge in [0, 0.05) is 35.0 Å². The van der Waals surface area contributed by atoms with E-state index in [9.17, 15) is 0 Å². The van der Waals surface area contributed by atoms with Crippen molar-refractivity contribution in [2.75, 3.05) is 0 Å². The zero-order chi connectivity index (χ0) is 15.8. The number of nitrogens with zero attached hydrogens (tertiary/aromatic N) is 3. The van der Waals surface area contributed by atoms with Crippen molar-refractivity contribution in [1.82, 2.24) is 14.4 Å². The van der Waals surface area contributed by atoms with Crippen molar-refractivity contribution in [2.45, 2.75) is 6.92 Å². The Morgan fingerprint density at radius 3 is 2.65 bits per heavy atom. The molecule has 0 bridgehead atoms. The van der Waals surface area contributed by atoms with Crippen LogP contribution in [-0.4, -0.2) is 14.4 Å². The average Bonchev–Trinajstić information content (AvgIpc) is 3.01. The second-order valence-electron chi connectivity index (χ2n) is 5.37. The van der Waals surface area contributed by atoms with Crippen LogP contribution >= 0.6 is 11.3 Å². The van der Waals surface area contributed by atoms with Crippen molar-refractivity contribution in [2.24, 2.45) is 0 Å². The lowest BCUT2D eigenvalue weighted by Crippen LogP contribution is -2.14. The van der Waals surface area contributed by atoms with Crippen LogP contribution in [-0.2, 0) is 0 Å². The first kappa shape index (κ1) is 13.8. The second kappa shape index (κ2) is 5.44. The van der Waals surface area contributed by atoms with E-state index in [1.807, 2.05) is 46.3 Å². The number of hydrogen-bond donors (Lipinski definition) is 1. The van der Waals surface area contributed by atoms with E-state index in [1.165, 1.54) is 16.9 Å². The lowest BCUT2D eigenvalue weighted by atomic mass is 10.1. The molecule has 0 fully saturated rings. The van der Waals surface area contributed by atoms with Gasteiger partial charge in [0.1, 0.15) is 5.49 Å². The first-order chi connectivity index (χ1) is 11.2. The highest BCUT2D eigenvalue weighted by molar-refractivity contribution is 7.15. The van der Waals surface area contributed by atoms with E-state index < -0.39 is 0 Å². The molecular weight excluding hydrogens is 304 g/mol. The molecule has 0 aliphatic heterocycles. The van der Waals surface area contributed by atoms with Crippen LogP contribution in [0.3, 0.4) is 0 Å². The molecule has 0 radical (unpaired) electrons. The van der Waals surface area contributed by atoms with Gasteiger partial charge >= 0.3 is 0 Å². The quantitative estimate of drug-likeness (QED) is 0.609. The Hall–Kier alpha value is -2.79. The molecular formula is C18H14N4S. The molecule has 4 rings (SSSR count). The minimum absolute atomic E-state index is 0.422. The lowest BCUT2D eigenvalue weighted by molar-refractivity contribution is 1.00. The summed E-state index contributed by atoms with van der Waals surface area (Å²) in [6.45, 7) is 2.06. The first-order valence-corrected chi connectivity index (χ1v) is 8.14. The van der Waals surface area contributed by atoms with Gasteiger partial charge in [0.25, 0.3) is 0 Å². The van der Waals surface area contributed by atoms with E-state index in [1.54, 1.807) is 6.20 Å².